The zero-order valence-electron chi connectivity index (χ0n) is 13.5. The Kier molecular flexibility index (Phi) is 6.29. The molecule has 1 aliphatic heterocycles. The summed E-state index contributed by atoms with van der Waals surface area (Å²) in [5.74, 6) is -0.889. The first-order valence-corrected chi connectivity index (χ1v) is 7.84. The summed E-state index contributed by atoms with van der Waals surface area (Å²) in [6, 6.07) is 10.2. The predicted octanol–water partition coefficient (Wildman–Crippen LogP) is 2.92. The van der Waals surface area contributed by atoms with Crippen molar-refractivity contribution in [1.29, 1.82) is 0 Å². The number of benzene rings is 1. The lowest BCUT2D eigenvalue weighted by molar-refractivity contribution is -0.135. The lowest BCUT2D eigenvalue weighted by atomic mass is 9.96. The number of amides is 1. The molecule has 1 saturated heterocycles. The third kappa shape index (κ3) is 3.74. The quantitative estimate of drug-likeness (QED) is 0.926. The Morgan fingerprint density at radius 2 is 2.12 bits per heavy atom. The fourth-order valence-corrected chi connectivity index (χ4v) is 3.05. The van der Waals surface area contributed by atoms with Crippen molar-refractivity contribution in [3.05, 3.63) is 65.7 Å². The summed E-state index contributed by atoms with van der Waals surface area (Å²) in [5, 5.41) is 3.31. The van der Waals surface area contributed by atoms with E-state index < -0.39 is 5.92 Å². The molecule has 24 heavy (non-hydrogen) atoms. The van der Waals surface area contributed by atoms with Gasteiger partial charge in [-0.2, -0.15) is 0 Å². The summed E-state index contributed by atoms with van der Waals surface area (Å²) in [4.78, 5) is 18.9. The van der Waals surface area contributed by atoms with E-state index in [0.29, 0.717) is 18.7 Å². The van der Waals surface area contributed by atoms with Crippen LogP contribution in [0.15, 0.2) is 48.8 Å². The lowest BCUT2D eigenvalue weighted by Gasteiger charge is -2.38. The van der Waals surface area contributed by atoms with Gasteiger partial charge in [0.2, 0.25) is 5.91 Å². The van der Waals surface area contributed by atoms with Crippen molar-refractivity contribution in [2.45, 2.75) is 18.9 Å². The molecule has 1 aliphatic rings. The largest absolute Gasteiger partial charge is 0.333 e. The van der Waals surface area contributed by atoms with Gasteiger partial charge in [0.05, 0.1) is 12.0 Å². The molecule has 1 N–H and O–H groups in total. The number of carbonyl (C=O) groups excluding carboxylic acids is 1. The smallest absolute Gasteiger partial charge is 0.230 e. The minimum Gasteiger partial charge on any atom is -0.333 e. The highest BCUT2D eigenvalue weighted by Gasteiger charge is 2.32. The summed E-state index contributed by atoms with van der Waals surface area (Å²) < 4.78 is 14.0. The van der Waals surface area contributed by atoms with Gasteiger partial charge in [0, 0.05) is 32.0 Å². The van der Waals surface area contributed by atoms with Gasteiger partial charge in [0.1, 0.15) is 5.82 Å². The normalized spacial score (nSPS) is 18.6. The Bertz CT molecular complexity index is 683. The standard InChI is InChI=1S/C18H20FN3O.ClH/c1-13(15-6-2-3-7-16(15)19)18(23)22-10-9-21-12-17(22)14-5-4-8-20-11-14;/h2-8,11,13,17,21H,9-10,12H2,1H3;1H. The van der Waals surface area contributed by atoms with E-state index in [1.165, 1.54) is 6.07 Å². The second-order valence-electron chi connectivity index (χ2n) is 5.78. The van der Waals surface area contributed by atoms with E-state index in [-0.39, 0.29) is 30.2 Å². The second-order valence-corrected chi connectivity index (χ2v) is 5.78. The van der Waals surface area contributed by atoms with Crippen LogP contribution in [0.25, 0.3) is 0 Å². The first kappa shape index (κ1) is 18.4. The summed E-state index contributed by atoms with van der Waals surface area (Å²) in [5.41, 5.74) is 1.44. The van der Waals surface area contributed by atoms with Crippen LogP contribution in [-0.2, 0) is 4.79 Å². The molecule has 128 valence electrons. The van der Waals surface area contributed by atoms with Crippen LogP contribution in [-0.4, -0.2) is 35.4 Å². The molecule has 1 amide bonds. The van der Waals surface area contributed by atoms with Crippen LogP contribution in [0.3, 0.4) is 0 Å². The van der Waals surface area contributed by atoms with Crippen LogP contribution in [0.1, 0.15) is 30.0 Å². The molecule has 6 heteroatoms. The summed E-state index contributed by atoms with van der Waals surface area (Å²) in [7, 11) is 0. The number of hydrogen-bond acceptors (Lipinski definition) is 3. The average molecular weight is 350 g/mol. The predicted molar refractivity (Wildman–Crippen MR) is 93.6 cm³/mol. The number of aromatic nitrogens is 1. The van der Waals surface area contributed by atoms with E-state index in [1.807, 2.05) is 17.0 Å². The van der Waals surface area contributed by atoms with E-state index in [2.05, 4.69) is 10.3 Å². The van der Waals surface area contributed by atoms with Crippen LogP contribution in [0.4, 0.5) is 4.39 Å². The van der Waals surface area contributed by atoms with Gasteiger partial charge in [-0.05, 0) is 30.2 Å². The van der Waals surface area contributed by atoms with Crippen LogP contribution < -0.4 is 5.32 Å². The third-order valence-electron chi connectivity index (χ3n) is 4.34. The molecule has 4 nitrogen and oxygen atoms in total. The Balaban J connectivity index is 0.00000208. The maximum Gasteiger partial charge on any atom is 0.230 e. The van der Waals surface area contributed by atoms with Gasteiger partial charge in [-0.15, -0.1) is 12.4 Å². The number of piperazine rings is 1. The van der Waals surface area contributed by atoms with Crippen LogP contribution in [0, 0.1) is 5.82 Å². The topological polar surface area (TPSA) is 45.2 Å². The molecular weight excluding hydrogens is 329 g/mol. The number of pyridine rings is 1. The SMILES string of the molecule is CC(C(=O)N1CCNCC1c1cccnc1)c1ccccc1F.Cl. The minimum atomic E-state index is -0.506. The number of nitrogens with zero attached hydrogens (tertiary/aromatic N) is 2. The summed E-state index contributed by atoms with van der Waals surface area (Å²) in [6.45, 7) is 3.80. The molecule has 1 aromatic carbocycles. The minimum absolute atomic E-state index is 0. The van der Waals surface area contributed by atoms with Gasteiger partial charge in [-0.3, -0.25) is 9.78 Å². The monoisotopic (exact) mass is 349 g/mol. The Labute approximate surface area is 147 Å². The molecule has 2 atom stereocenters. The maximum atomic E-state index is 14.0. The van der Waals surface area contributed by atoms with E-state index >= 15 is 0 Å². The number of hydrogen-bond donors (Lipinski definition) is 1. The molecule has 0 aliphatic carbocycles. The molecule has 2 heterocycles. The fraction of sp³-hybridized carbons (Fsp3) is 0.333. The van der Waals surface area contributed by atoms with Crippen molar-refractivity contribution >= 4 is 18.3 Å². The highest BCUT2D eigenvalue weighted by Crippen LogP contribution is 2.27. The van der Waals surface area contributed by atoms with Crippen molar-refractivity contribution in [2.75, 3.05) is 19.6 Å². The molecule has 2 unspecified atom stereocenters. The van der Waals surface area contributed by atoms with Crippen molar-refractivity contribution < 1.29 is 9.18 Å². The average Bonchev–Trinajstić information content (AvgIpc) is 2.62. The summed E-state index contributed by atoms with van der Waals surface area (Å²) in [6.07, 6.45) is 3.50. The molecule has 1 aromatic heterocycles. The fourth-order valence-electron chi connectivity index (χ4n) is 3.05. The second kappa shape index (κ2) is 8.22. The number of nitrogens with one attached hydrogen (secondary N) is 1. The third-order valence-corrected chi connectivity index (χ3v) is 4.34. The highest BCUT2D eigenvalue weighted by molar-refractivity contribution is 5.85. The number of halogens is 2. The first-order chi connectivity index (χ1) is 11.2. The van der Waals surface area contributed by atoms with Gasteiger partial charge >= 0.3 is 0 Å². The van der Waals surface area contributed by atoms with Gasteiger partial charge < -0.3 is 10.2 Å². The molecule has 1 fully saturated rings. The van der Waals surface area contributed by atoms with E-state index in [0.717, 1.165) is 12.1 Å². The Morgan fingerprint density at radius 3 is 2.83 bits per heavy atom. The molecule has 0 radical (unpaired) electrons. The van der Waals surface area contributed by atoms with Gasteiger partial charge in [0.25, 0.3) is 0 Å². The van der Waals surface area contributed by atoms with Crippen LogP contribution >= 0.6 is 12.4 Å². The molecule has 0 spiro atoms. The zero-order valence-corrected chi connectivity index (χ0v) is 14.3. The first-order valence-electron chi connectivity index (χ1n) is 7.84. The molecule has 2 aromatic rings. The van der Waals surface area contributed by atoms with Crippen LogP contribution in [0.2, 0.25) is 0 Å². The number of carbonyl (C=O) groups is 1. The van der Waals surface area contributed by atoms with E-state index in [9.17, 15) is 9.18 Å². The Hall–Kier alpha value is -1.98. The summed E-state index contributed by atoms with van der Waals surface area (Å²) >= 11 is 0. The van der Waals surface area contributed by atoms with Gasteiger partial charge in [-0.1, -0.05) is 24.3 Å². The molecule has 0 bridgehead atoms. The highest BCUT2D eigenvalue weighted by atomic mass is 35.5. The molecule has 0 saturated carbocycles. The van der Waals surface area contributed by atoms with Crippen molar-refractivity contribution in [3.8, 4) is 0 Å². The van der Waals surface area contributed by atoms with E-state index in [4.69, 9.17) is 0 Å². The van der Waals surface area contributed by atoms with Crippen LogP contribution in [0.5, 0.6) is 0 Å². The van der Waals surface area contributed by atoms with Gasteiger partial charge in [-0.25, -0.2) is 4.39 Å². The van der Waals surface area contributed by atoms with Gasteiger partial charge in [0.15, 0.2) is 0 Å². The van der Waals surface area contributed by atoms with Crippen molar-refractivity contribution in [1.82, 2.24) is 15.2 Å². The number of rotatable bonds is 3. The lowest BCUT2D eigenvalue weighted by Crippen LogP contribution is -2.49. The Morgan fingerprint density at radius 1 is 1.33 bits per heavy atom. The zero-order chi connectivity index (χ0) is 16.2. The van der Waals surface area contributed by atoms with Crippen molar-refractivity contribution in [2.24, 2.45) is 0 Å². The van der Waals surface area contributed by atoms with Crippen molar-refractivity contribution in [3.63, 3.8) is 0 Å². The molecule has 3 rings (SSSR count). The van der Waals surface area contributed by atoms with E-state index in [1.54, 1.807) is 37.5 Å². The molecular formula is C18H21ClFN3O. The maximum absolute atomic E-state index is 14.0.